The molecule has 0 spiro atoms. The normalized spacial score (nSPS) is 23.2. The number of hydrogen-bond acceptors (Lipinski definition) is 8. The number of piperidine rings is 2. The van der Waals surface area contributed by atoms with Crippen molar-refractivity contribution < 1.29 is 144 Å². The van der Waals surface area contributed by atoms with E-state index in [1.54, 1.807) is 12.1 Å². The molecule has 0 amide bonds. The Balaban J connectivity index is 0.000000750. The molecule has 3 aliphatic heterocycles. The molecule has 1 aromatic heterocycles. The Kier molecular flexibility index (Phi) is 11.7. The standard InChI is InChI=1S/C21H20F3N3O3S.CH2O3.2K/c22-21(23,24)15-7-10-25-18(13-15)30-17-3-1-14(2-4-17)20-8-5-16(6-9-20)27-11-12-31(28,29)26-19(20)27;2-1(3)4;;/h1-4,7,10,13,16H,5-6,8-9,11-12H2;(H2,2,3,4);;/q;;2*+1/p-2. The first kappa shape index (κ1) is 33.1. The van der Waals surface area contributed by atoms with Gasteiger partial charge in [-0.15, -0.1) is 4.40 Å². The molecular formula is C22H20F3K2N3O6S. The third-order valence-corrected chi connectivity index (χ3v) is 7.61. The van der Waals surface area contributed by atoms with Crippen LogP contribution in [0, 0.1) is 0 Å². The number of carbonyl (C=O) groups excluding carboxylic acids is 1. The molecule has 3 fully saturated rings. The number of fused-ring (bicyclic) bond motifs is 2. The molecule has 0 unspecified atom stereocenters. The van der Waals surface area contributed by atoms with Crippen LogP contribution in [0.4, 0.5) is 18.0 Å². The van der Waals surface area contributed by atoms with Crippen molar-refractivity contribution in [3.8, 4) is 11.6 Å². The number of rotatable bonds is 3. The maximum atomic E-state index is 12.9. The molecule has 0 radical (unpaired) electrons. The first-order chi connectivity index (χ1) is 16.4. The fourth-order valence-corrected chi connectivity index (χ4v) is 5.98. The minimum Gasteiger partial charge on any atom is -0.652 e. The van der Waals surface area contributed by atoms with Crippen LogP contribution in [0.15, 0.2) is 47.0 Å². The van der Waals surface area contributed by atoms with Gasteiger partial charge >= 0.3 is 109 Å². The molecule has 1 aromatic carbocycles. The van der Waals surface area contributed by atoms with E-state index in [4.69, 9.17) is 19.7 Å². The molecule has 2 bridgehead atoms. The number of hydrogen-bond donors (Lipinski definition) is 0. The second kappa shape index (κ2) is 13.1. The van der Waals surface area contributed by atoms with Gasteiger partial charge in [-0.3, -0.25) is 0 Å². The fraction of sp³-hybridized carbons (Fsp3) is 0.409. The smallest absolute Gasteiger partial charge is 0.652 e. The molecular weight excluding hydrogens is 570 g/mol. The van der Waals surface area contributed by atoms with Gasteiger partial charge in [0.25, 0.3) is 10.0 Å². The number of sulfonamides is 1. The number of carbonyl (C=O) groups is 1. The zero-order chi connectivity index (χ0) is 25.4. The van der Waals surface area contributed by atoms with Crippen LogP contribution < -0.4 is 118 Å². The molecule has 2 saturated heterocycles. The van der Waals surface area contributed by atoms with Crippen LogP contribution in [0.3, 0.4) is 0 Å². The van der Waals surface area contributed by atoms with Gasteiger partial charge in [-0.2, -0.15) is 13.2 Å². The van der Waals surface area contributed by atoms with Gasteiger partial charge in [0.1, 0.15) is 11.6 Å². The minimum absolute atomic E-state index is 0. The van der Waals surface area contributed by atoms with Crippen molar-refractivity contribution in [1.82, 2.24) is 9.88 Å². The predicted molar refractivity (Wildman–Crippen MR) is 113 cm³/mol. The number of halogens is 3. The van der Waals surface area contributed by atoms with Gasteiger partial charge in [-0.25, -0.2) is 13.4 Å². The van der Waals surface area contributed by atoms with Gasteiger partial charge in [0.15, 0.2) is 0 Å². The van der Waals surface area contributed by atoms with Gasteiger partial charge in [-0.1, -0.05) is 12.1 Å². The number of pyridine rings is 1. The molecule has 188 valence electrons. The maximum absolute atomic E-state index is 12.9. The molecule has 4 aliphatic rings. The average molecular weight is 590 g/mol. The van der Waals surface area contributed by atoms with Gasteiger partial charge in [0.2, 0.25) is 5.88 Å². The van der Waals surface area contributed by atoms with E-state index in [-0.39, 0.29) is 114 Å². The Labute approximate surface area is 296 Å². The molecule has 9 nitrogen and oxygen atoms in total. The number of aromatic nitrogens is 1. The summed E-state index contributed by atoms with van der Waals surface area (Å²) in [5, 5.41) is 16.7. The number of nitrogens with zero attached hydrogens (tertiary/aromatic N) is 3. The van der Waals surface area contributed by atoms with E-state index in [9.17, 15) is 21.6 Å². The summed E-state index contributed by atoms with van der Waals surface area (Å²) >= 11 is 0. The summed E-state index contributed by atoms with van der Waals surface area (Å²) < 4.78 is 72.8. The van der Waals surface area contributed by atoms with E-state index in [1.807, 2.05) is 12.1 Å². The summed E-state index contributed by atoms with van der Waals surface area (Å²) in [5.41, 5.74) is -0.352. The monoisotopic (exact) mass is 589 g/mol. The van der Waals surface area contributed by atoms with Crippen molar-refractivity contribution in [2.75, 3.05) is 12.3 Å². The number of amidine groups is 1. The quantitative estimate of drug-likeness (QED) is 0.328. The second-order valence-electron chi connectivity index (χ2n) is 8.46. The second-order valence-corrected chi connectivity index (χ2v) is 10.2. The largest absolute Gasteiger partial charge is 1.00 e. The van der Waals surface area contributed by atoms with Crippen molar-refractivity contribution >= 4 is 22.0 Å². The van der Waals surface area contributed by atoms with E-state index in [2.05, 4.69) is 14.3 Å². The molecule has 0 atom stereocenters. The van der Waals surface area contributed by atoms with Crippen molar-refractivity contribution in [2.45, 2.75) is 43.3 Å². The van der Waals surface area contributed by atoms with Crippen molar-refractivity contribution in [2.24, 2.45) is 4.40 Å². The SMILES string of the molecule is O=C([O-])[O-].O=S1(=O)CCN2C(=N1)C1(c3ccc(Oc4cc(C(F)(F)F)ccn4)cc3)CCC2CC1.[K+].[K+]. The van der Waals surface area contributed by atoms with Crippen LogP contribution in [0.1, 0.15) is 36.8 Å². The molecule has 15 heteroatoms. The minimum atomic E-state index is -4.48. The van der Waals surface area contributed by atoms with Crippen LogP contribution in [0.25, 0.3) is 0 Å². The van der Waals surface area contributed by atoms with Crippen LogP contribution in [-0.4, -0.2) is 48.6 Å². The van der Waals surface area contributed by atoms with Crippen LogP contribution >= 0.6 is 0 Å². The Bertz CT molecular complexity index is 1250. The molecule has 6 rings (SSSR count). The zero-order valence-corrected chi connectivity index (χ0v) is 27.3. The van der Waals surface area contributed by atoms with Crippen LogP contribution in [0.5, 0.6) is 11.6 Å². The molecule has 1 saturated carbocycles. The Hall–Kier alpha value is -0.0773. The first-order valence-electron chi connectivity index (χ1n) is 10.7. The van der Waals surface area contributed by atoms with E-state index >= 15 is 0 Å². The number of alkyl halides is 3. The molecule has 2 aromatic rings. The Morgan fingerprint density at radius 3 is 2.24 bits per heavy atom. The third-order valence-electron chi connectivity index (χ3n) is 6.46. The topological polar surface area (TPSA) is 135 Å². The summed E-state index contributed by atoms with van der Waals surface area (Å²) in [6.45, 7) is 0.468. The molecule has 1 aliphatic carbocycles. The molecule has 37 heavy (non-hydrogen) atoms. The molecule has 0 N–H and O–H groups in total. The number of carboxylic acid groups (broad SMARTS) is 2. The Morgan fingerprint density at radius 1 is 1.08 bits per heavy atom. The summed E-state index contributed by atoms with van der Waals surface area (Å²) in [4.78, 5) is 14.3. The zero-order valence-electron chi connectivity index (χ0n) is 20.2. The summed E-state index contributed by atoms with van der Waals surface area (Å²) in [6.07, 6.45) is -2.16. The number of benzene rings is 1. The van der Waals surface area contributed by atoms with Crippen LogP contribution in [-0.2, 0) is 21.6 Å². The predicted octanol–water partition coefficient (Wildman–Crippen LogP) is -4.31. The molecule has 4 heterocycles. The van der Waals surface area contributed by atoms with Gasteiger partial charge in [0, 0.05) is 24.8 Å². The van der Waals surface area contributed by atoms with Crippen molar-refractivity contribution in [3.05, 3.63) is 53.7 Å². The fourth-order valence-electron chi connectivity index (χ4n) is 4.92. The van der Waals surface area contributed by atoms with E-state index < -0.39 is 33.3 Å². The summed E-state index contributed by atoms with van der Waals surface area (Å²) in [7, 11) is -3.47. The van der Waals surface area contributed by atoms with Gasteiger partial charge in [-0.05, 0) is 55.6 Å². The maximum Gasteiger partial charge on any atom is 1.00 e. The first-order valence-corrected chi connectivity index (χ1v) is 12.3. The van der Waals surface area contributed by atoms with E-state index in [0.717, 1.165) is 49.6 Å². The summed E-state index contributed by atoms with van der Waals surface area (Å²) in [5.74, 6) is 0.883. The number of ether oxygens (including phenoxy) is 1. The van der Waals surface area contributed by atoms with E-state index in [1.165, 1.54) is 0 Å². The van der Waals surface area contributed by atoms with Crippen LogP contribution in [0.2, 0.25) is 0 Å². The third kappa shape index (κ3) is 7.77. The van der Waals surface area contributed by atoms with Crippen molar-refractivity contribution in [3.63, 3.8) is 0 Å². The van der Waals surface area contributed by atoms with Gasteiger partial charge in [0.05, 0.1) is 16.7 Å². The summed E-state index contributed by atoms with van der Waals surface area (Å²) in [6, 6.07) is 9.12. The Morgan fingerprint density at radius 2 is 1.68 bits per heavy atom. The van der Waals surface area contributed by atoms with E-state index in [0.29, 0.717) is 24.2 Å². The van der Waals surface area contributed by atoms with Crippen molar-refractivity contribution in [1.29, 1.82) is 0 Å². The average Bonchev–Trinajstić information content (AvgIpc) is 2.79. The van der Waals surface area contributed by atoms with Gasteiger partial charge < -0.3 is 24.6 Å².